The van der Waals surface area contributed by atoms with E-state index >= 15 is 0 Å². The second kappa shape index (κ2) is 2.92. The van der Waals surface area contributed by atoms with Crippen molar-refractivity contribution in [2.75, 3.05) is 0 Å². The van der Waals surface area contributed by atoms with Gasteiger partial charge >= 0.3 is 0 Å². The molecule has 1 rings (SSSR count). The maximum absolute atomic E-state index is 4.18. The van der Waals surface area contributed by atoms with Crippen molar-refractivity contribution in [1.29, 1.82) is 0 Å². The molecule has 0 aliphatic carbocycles. The molecule has 1 aromatic rings. The fourth-order valence-electron chi connectivity index (χ4n) is 0.787. The van der Waals surface area contributed by atoms with Gasteiger partial charge in [-0.05, 0) is 18.1 Å². The van der Waals surface area contributed by atoms with Gasteiger partial charge in [0, 0.05) is 5.75 Å². The van der Waals surface area contributed by atoms with Crippen LogP contribution in [0.25, 0.3) is 0 Å². The molecule has 0 fully saturated rings. The molecule has 0 saturated carbocycles. The summed E-state index contributed by atoms with van der Waals surface area (Å²) in [6, 6.07) is 8.29. The Morgan fingerprint density at radius 3 is 2.44 bits per heavy atom. The lowest BCUT2D eigenvalue weighted by Crippen LogP contribution is -1.80. The molecule has 0 aliphatic heterocycles. The highest BCUT2D eigenvalue weighted by atomic mass is 32.1. The molecule has 9 heavy (non-hydrogen) atoms. The summed E-state index contributed by atoms with van der Waals surface area (Å²) in [4.78, 5) is 0. The van der Waals surface area contributed by atoms with Crippen LogP contribution in [-0.2, 0) is 5.75 Å². The van der Waals surface area contributed by atoms with Crippen molar-refractivity contribution in [2.24, 2.45) is 0 Å². The summed E-state index contributed by atoms with van der Waals surface area (Å²) < 4.78 is 0. The van der Waals surface area contributed by atoms with Crippen LogP contribution in [0.5, 0.6) is 0 Å². The number of benzene rings is 1. The third kappa shape index (κ3) is 1.49. The van der Waals surface area contributed by atoms with Crippen molar-refractivity contribution in [1.82, 2.24) is 0 Å². The molecule has 0 unspecified atom stereocenters. The van der Waals surface area contributed by atoms with Gasteiger partial charge in [-0.15, -0.1) is 0 Å². The minimum Gasteiger partial charge on any atom is -0.175 e. The van der Waals surface area contributed by atoms with E-state index in [1.54, 1.807) is 0 Å². The average Bonchev–Trinajstić information content (AvgIpc) is 1.89. The number of rotatable bonds is 1. The quantitative estimate of drug-likeness (QED) is 0.566. The Bertz CT molecular complexity index is 194. The lowest BCUT2D eigenvalue weighted by atomic mass is 10.1. The molecular formula is C8H10S. The highest BCUT2D eigenvalue weighted by Gasteiger charge is 1.89. The number of aryl methyl sites for hydroxylation is 1. The zero-order chi connectivity index (χ0) is 6.69. The van der Waals surface area contributed by atoms with E-state index in [1.165, 1.54) is 11.1 Å². The lowest BCUT2D eigenvalue weighted by molar-refractivity contribution is 1.32. The van der Waals surface area contributed by atoms with Crippen LogP contribution in [0.15, 0.2) is 24.3 Å². The monoisotopic (exact) mass is 138 g/mol. The van der Waals surface area contributed by atoms with Crippen molar-refractivity contribution >= 4 is 12.6 Å². The van der Waals surface area contributed by atoms with E-state index in [2.05, 4.69) is 31.7 Å². The van der Waals surface area contributed by atoms with Gasteiger partial charge in [0.05, 0.1) is 0 Å². The van der Waals surface area contributed by atoms with Gasteiger partial charge < -0.3 is 0 Å². The molecule has 0 spiro atoms. The van der Waals surface area contributed by atoms with Crippen molar-refractivity contribution < 1.29 is 0 Å². The highest BCUT2D eigenvalue weighted by Crippen LogP contribution is 2.08. The Hall–Kier alpha value is -0.430. The Morgan fingerprint density at radius 2 is 2.00 bits per heavy atom. The first-order chi connectivity index (χ1) is 4.34. The predicted molar refractivity (Wildman–Crippen MR) is 43.9 cm³/mol. The third-order valence-corrected chi connectivity index (χ3v) is 1.77. The van der Waals surface area contributed by atoms with Crippen molar-refractivity contribution in [3.8, 4) is 0 Å². The zero-order valence-electron chi connectivity index (χ0n) is 5.46. The summed E-state index contributed by atoms with van der Waals surface area (Å²) in [6.07, 6.45) is 0. The van der Waals surface area contributed by atoms with Gasteiger partial charge in [-0.25, -0.2) is 0 Å². The molecule has 0 heterocycles. The van der Waals surface area contributed by atoms with Crippen LogP contribution < -0.4 is 0 Å². The van der Waals surface area contributed by atoms with Gasteiger partial charge in [0.25, 0.3) is 0 Å². The van der Waals surface area contributed by atoms with E-state index in [0.717, 1.165) is 5.75 Å². The second-order valence-corrected chi connectivity index (χ2v) is 2.40. The van der Waals surface area contributed by atoms with E-state index in [4.69, 9.17) is 0 Å². The largest absolute Gasteiger partial charge is 0.175 e. The standard InChI is InChI=1S/C8H10S/c1-7-4-2-3-5-8(7)6-9/h2-5,9H,6H2,1H3. The summed E-state index contributed by atoms with van der Waals surface area (Å²) in [5.41, 5.74) is 2.65. The van der Waals surface area contributed by atoms with Crippen LogP contribution in [0.4, 0.5) is 0 Å². The maximum atomic E-state index is 4.18. The topological polar surface area (TPSA) is 0 Å². The molecule has 0 nitrogen and oxygen atoms in total. The molecule has 1 aromatic carbocycles. The van der Waals surface area contributed by atoms with E-state index in [9.17, 15) is 0 Å². The predicted octanol–water partition coefficient (Wildman–Crippen LogP) is 2.42. The Balaban J connectivity index is 3.01. The van der Waals surface area contributed by atoms with Crippen LogP contribution in [0.3, 0.4) is 0 Å². The van der Waals surface area contributed by atoms with Gasteiger partial charge in [0.2, 0.25) is 0 Å². The fourth-order valence-corrected chi connectivity index (χ4v) is 1.14. The average molecular weight is 138 g/mol. The molecule has 1 heteroatoms. The molecule has 0 N–H and O–H groups in total. The zero-order valence-corrected chi connectivity index (χ0v) is 6.36. The summed E-state index contributed by atoms with van der Waals surface area (Å²) in [5, 5.41) is 0. The van der Waals surface area contributed by atoms with Gasteiger partial charge in [0.15, 0.2) is 0 Å². The molecular weight excluding hydrogens is 128 g/mol. The molecule has 0 aromatic heterocycles. The third-order valence-electron chi connectivity index (χ3n) is 1.43. The number of hydrogen-bond acceptors (Lipinski definition) is 1. The van der Waals surface area contributed by atoms with Crippen molar-refractivity contribution in [3.05, 3.63) is 35.4 Å². The second-order valence-electron chi connectivity index (χ2n) is 2.08. The van der Waals surface area contributed by atoms with Crippen molar-refractivity contribution in [3.63, 3.8) is 0 Å². The molecule has 0 aliphatic rings. The summed E-state index contributed by atoms with van der Waals surface area (Å²) in [7, 11) is 0. The normalized spacial score (nSPS) is 9.56. The first kappa shape index (κ1) is 6.69. The molecule has 0 bridgehead atoms. The Morgan fingerprint density at radius 1 is 1.33 bits per heavy atom. The molecule has 0 atom stereocenters. The van der Waals surface area contributed by atoms with E-state index in [-0.39, 0.29) is 0 Å². The Kier molecular flexibility index (Phi) is 2.17. The molecule has 0 radical (unpaired) electrons. The minimum absolute atomic E-state index is 0.840. The SMILES string of the molecule is Cc1ccccc1CS. The first-order valence-electron chi connectivity index (χ1n) is 3.00. The van der Waals surface area contributed by atoms with Crippen LogP contribution in [-0.4, -0.2) is 0 Å². The molecule has 0 saturated heterocycles. The van der Waals surface area contributed by atoms with Gasteiger partial charge in [0.1, 0.15) is 0 Å². The maximum Gasteiger partial charge on any atom is 0.0156 e. The van der Waals surface area contributed by atoms with Crippen LogP contribution >= 0.6 is 12.6 Å². The van der Waals surface area contributed by atoms with E-state index < -0.39 is 0 Å². The van der Waals surface area contributed by atoms with Gasteiger partial charge in [-0.2, -0.15) is 12.6 Å². The number of thiol groups is 1. The summed E-state index contributed by atoms with van der Waals surface area (Å²) >= 11 is 4.18. The molecule has 48 valence electrons. The van der Waals surface area contributed by atoms with Crippen LogP contribution in [0.2, 0.25) is 0 Å². The summed E-state index contributed by atoms with van der Waals surface area (Å²) in [5.74, 6) is 0.840. The van der Waals surface area contributed by atoms with Crippen molar-refractivity contribution in [2.45, 2.75) is 12.7 Å². The van der Waals surface area contributed by atoms with E-state index in [0.29, 0.717) is 0 Å². The summed E-state index contributed by atoms with van der Waals surface area (Å²) in [6.45, 7) is 2.10. The first-order valence-corrected chi connectivity index (χ1v) is 3.63. The van der Waals surface area contributed by atoms with E-state index in [1.807, 2.05) is 12.1 Å². The van der Waals surface area contributed by atoms with Gasteiger partial charge in [-0.1, -0.05) is 24.3 Å². The van der Waals surface area contributed by atoms with Gasteiger partial charge in [-0.3, -0.25) is 0 Å². The highest BCUT2D eigenvalue weighted by molar-refractivity contribution is 7.79. The fraction of sp³-hybridized carbons (Fsp3) is 0.250. The minimum atomic E-state index is 0.840. The van der Waals surface area contributed by atoms with Crippen LogP contribution in [0, 0.1) is 6.92 Å². The van der Waals surface area contributed by atoms with Crippen LogP contribution in [0.1, 0.15) is 11.1 Å². The number of hydrogen-bond donors (Lipinski definition) is 1. The lowest BCUT2D eigenvalue weighted by Gasteiger charge is -1.98. The Labute approximate surface area is 61.3 Å². The smallest absolute Gasteiger partial charge is 0.0156 e. The molecule has 0 amide bonds.